The van der Waals surface area contributed by atoms with Crippen LogP contribution in [0, 0.1) is 0 Å². The number of hydrogen-bond donors (Lipinski definition) is 0. The second-order valence-corrected chi connectivity index (χ2v) is 7.37. The largest absolute Gasteiger partial charge is 0.484 e. The van der Waals surface area contributed by atoms with Crippen LogP contribution in [0.3, 0.4) is 0 Å². The minimum Gasteiger partial charge on any atom is -0.484 e. The van der Waals surface area contributed by atoms with E-state index >= 15 is 0 Å². The Morgan fingerprint density at radius 2 is 2.11 bits per heavy atom. The first-order valence-electron chi connectivity index (χ1n) is 8.05. The van der Waals surface area contributed by atoms with Crippen LogP contribution < -0.4 is 4.74 Å². The smallest absolute Gasteiger partial charge is 0.299 e. The van der Waals surface area contributed by atoms with Crippen LogP contribution in [0.4, 0.5) is 8.78 Å². The Kier molecular flexibility index (Phi) is 6.93. The predicted octanol–water partition coefficient (Wildman–Crippen LogP) is 5.69. The molecule has 148 valence electrons. The Bertz CT molecular complexity index is 978. The van der Waals surface area contributed by atoms with Gasteiger partial charge in [0.05, 0.1) is 11.2 Å². The molecule has 0 fully saturated rings. The average Bonchev–Trinajstić information content (AvgIpc) is 3.28. The predicted molar refractivity (Wildman–Crippen MR) is 104 cm³/mol. The lowest BCUT2D eigenvalue weighted by Crippen LogP contribution is -2.00. The van der Waals surface area contributed by atoms with E-state index in [-0.39, 0.29) is 11.8 Å². The molecular weight excluding hydrogens is 433 g/mol. The molecule has 0 aliphatic rings. The summed E-state index contributed by atoms with van der Waals surface area (Å²) < 4.78 is 38.3. The number of hydrogen-bond acceptors (Lipinski definition) is 6. The van der Waals surface area contributed by atoms with Gasteiger partial charge >= 0.3 is 0 Å². The van der Waals surface area contributed by atoms with Gasteiger partial charge in [0.1, 0.15) is 23.9 Å². The number of nitrogens with zero attached hydrogens (tertiary/aromatic N) is 4. The van der Waals surface area contributed by atoms with E-state index in [9.17, 15) is 8.78 Å². The highest BCUT2D eigenvalue weighted by atomic mass is 35.5. The summed E-state index contributed by atoms with van der Waals surface area (Å²) in [7, 11) is 0. The summed E-state index contributed by atoms with van der Waals surface area (Å²) in [4.78, 5) is 0. The Hall–Kier alpha value is -2.10. The van der Waals surface area contributed by atoms with Crippen LogP contribution in [-0.2, 0) is 6.61 Å². The summed E-state index contributed by atoms with van der Waals surface area (Å²) in [5.41, 5.74) is 0. The van der Waals surface area contributed by atoms with E-state index in [1.807, 2.05) is 6.92 Å². The van der Waals surface area contributed by atoms with Gasteiger partial charge in [-0.25, -0.2) is 8.78 Å². The van der Waals surface area contributed by atoms with Gasteiger partial charge in [-0.05, 0) is 30.0 Å². The van der Waals surface area contributed by atoms with Crippen molar-refractivity contribution < 1.29 is 17.9 Å². The van der Waals surface area contributed by atoms with Crippen molar-refractivity contribution in [2.75, 3.05) is 5.75 Å². The fourth-order valence-corrected chi connectivity index (χ4v) is 3.09. The van der Waals surface area contributed by atoms with Gasteiger partial charge in [0.2, 0.25) is 11.0 Å². The molecule has 0 N–H and O–H groups in total. The normalized spacial score (nSPS) is 11.6. The van der Waals surface area contributed by atoms with Gasteiger partial charge in [-0.1, -0.05) is 41.9 Å². The topological polar surface area (TPSA) is 65.4 Å². The van der Waals surface area contributed by atoms with Crippen LogP contribution in [0.1, 0.15) is 30.7 Å². The summed E-state index contributed by atoms with van der Waals surface area (Å²) in [6, 6.07) is 8.20. The van der Waals surface area contributed by atoms with Crippen molar-refractivity contribution in [2.45, 2.75) is 25.1 Å². The molecule has 2 aromatic heterocycles. The first-order valence-corrected chi connectivity index (χ1v) is 9.79. The highest BCUT2D eigenvalue weighted by Crippen LogP contribution is 2.28. The highest BCUT2D eigenvalue weighted by Gasteiger charge is 2.20. The maximum atomic E-state index is 13.1. The SMILES string of the molecule is CCSc1nnc(C(F)F)n1/N=C\c1ccc(COc2cc(Cl)ccc2Cl)o1. The van der Waals surface area contributed by atoms with Gasteiger partial charge in [0.25, 0.3) is 6.43 Å². The molecule has 6 nitrogen and oxygen atoms in total. The second-order valence-electron chi connectivity index (χ2n) is 5.30. The van der Waals surface area contributed by atoms with Crippen LogP contribution in [0.15, 0.2) is 45.0 Å². The van der Waals surface area contributed by atoms with Crippen molar-refractivity contribution in [3.63, 3.8) is 0 Å². The quantitative estimate of drug-likeness (QED) is 0.328. The number of ether oxygens (including phenoxy) is 1. The second kappa shape index (κ2) is 9.40. The van der Waals surface area contributed by atoms with E-state index in [0.717, 1.165) is 4.68 Å². The third kappa shape index (κ3) is 5.03. The fraction of sp³-hybridized carbons (Fsp3) is 0.235. The maximum absolute atomic E-state index is 13.1. The number of alkyl halides is 2. The Morgan fingerprint density at radius 3 is 2.86 bits per heavy atom. The summed E-state index contributed by atoms with van der Waals surface area (Å²) in [5.74, 6) is 1.40. The molecule has 0 atom stereocenters. The van der Waals surface area contributed by atoms with E-state index in [4.69, 9.17) is 32.4 Å². The van der Waals surface area contributed by atoms with E-state index < -0.39 is 12.2 Å². The Labute approximate surface area is 173 Å². The van der Waals surface area contributed by atoms with Gasteiger partial charge in [-0.3, -0.25) is 0 Å². The van der Waals surface area contributed by atoms with Crippen molar-refractivity contribution in [2.24, 2.45) is 5.10 Å². The molecule has 0 amide bonds. The standard InChI is InChI=1S/C17H14Cl2F2N4O2S/c1-2-28-17-24-23-16(15(20)21)25(17)22-8-11-4-5-12(27-11)9-26-14-7-10(18)3-6-13(14)19/h3-8,15H,2,9H2,1H3/b22-8-. The molecule has 28 heavy (non-hydrogen) atoms. The van der Waals surface area contributed by atoms with E-state index in [2.05, 4.69) is 15.3 Å². The summed E-state index contributed by atoms with van der Waals surface area (Å²) in [5, 5.41) is 12.4. The molecule has 0 unspecified atom stereocenters. The monoisotopic (exact) mass is 446 g/mol. The Balaban J connectivity index is 1.71. The molecule has 0 spiro atoms. The number of furan rings is 1. The molecule has 0 saturated heterocycles. The minimum absolute atomic E-state index is 0.111. The molecule has 0 bridgehead atoms. The van der Waals surface area contributed by atoms with Crippen LogP contribution in [0.5, 0.6) is 5.75 Å². The van der Waals surface area contributed by atoms with E-state index in [1.54, 1.807) is 30.3 Å². The molecule has 0 saturated carbocycles. The molecule has 3 rings (SSSR count). The molecule has 11 heteroatoms. The van der Waals surface area contributed by atoms with Gasteiger partial charge in [-0.15, -0.1) is 10.2 Å². The van der Waals surface area contributed by atoms with Crippen LogP contribution in [0.2, 0.25) is 10.0 Å². The van der Waals surface area contributed by atoms with Gasteiger partial charge in [-0.2, -0.15) is 9.78 Å². The van der Waals surface area contributed by atoms with Gasteiger partial charge in [0.15, 0.2) is 0 Å². The summed E-state index contributed by atoms with van der Waals surface area (Å²) >= 11 is 13.2. The molecule has 1 aromatic carbocycles. The van der Waals surface area contributed by atoms with Crippen molar-refractivity contribution in [1.82, 2.24) is 14.9 Å². The van der Waals surface area contributed by atoms with Gasteiger partial charge in [0, 0.05) is 11.1 Å². The summed E-state index contributed by atoms with van der Waals surface area (Å²) in [6.07, 6.45) is -1.48. The summed E-state index contributed by atoms with van der Waals surface area (Å²) in [6.45, 7) is 1.99. The minimum atomic E-state index is -2.79. The molecule has 0 aliphatic heterocycles. The zero-order valence-electron chi connectivity index (χ0n) is 14.5. The zero-order chi connectivity index (χ0) is 20.1. The first kappa shape index (κ1) is 20.6. The zero-order valence-corrected chi connectivity index (χ0v) is 16.8. The lowest BCUT2D eigenvalue weighted by molar-refractivity contribution is 0.135. The molecule has 0 aliphatic carbocycles. The fourth-order valence-electron chi connectivity index (χ4n) is 2.13. The van der Waals surface area contributed by atoms with Crippen LogP contribution >= 0.6 is 35.0 Å². The van der Waals surface area contributed by atoms with Crippen LogP contribution in [0.25, 0.3) is 0 Å². The number of rotatable bonds is 8. The number of aromatic nitrogens is 3. The lowest BCUT2D eigenvalue weighted by atomic mass is 10.3. The average molecular weight is 447 g/mol. The highest BCUT2D eigenvalue weighted by molar-refractivity contribution is 7.99. The number of benzene rings is 1. The van der Waals surface area contributed by atoms with E-state index in [0.29, 0.717) is 33.1 Å². The molecule has 2 heterocycles. The third-order valence-corrected chi connectivity index (χ3v) is 4.70. The third-order valence-electron chi connectivity index (χ3n) is 3.35. The number of thioether (sulfide) groups is 1. The lowest BCUT2D eigenvalue weighted by Gasteiger charge is -2.06. The van der Waals surface area contributed by atoms with Crippen molar-refractivity contribution in [1.29, 1.82) is 0 Å². The first-order chi connectivity index (χ1) is 13.5. The van der Waals surface area contributed by atoms with E-state index in [1.165, 1.54) is 18.0 Å². The van der Waals surface area contributed by atoms with Gasteiger partial charge < -0.3 is 9.15 Å². The van der Waals surface area contributed by atoms with Crippen molar-refractivity contribution in [3.8, 4) is 5.75 Å². The molecular formula is C17H14Cl2F2N4O2S. The molecule has 0 radical (unpaired) electrons. The van der Waals surface area contributed by atoms with Crippen molar-refractivity contribution >= 4 is 41.2 Å². The van der Waals surface area contributed by atoms with Crippen LogP contribution in [-0.4, -0.2) is 26.8 Å². The van der Waals surface area contributed by atoms with Crippen molar-refractivity contribution in [3.05, 3.63) is 57.7 Å². The maximum Gasteiger partial charge on any atom is 0.299 e. The molecule has 3 aromatic rings. The Morgan fingerprint density at radius 1 is 1.29 bits per heavy atom. The number of halogens is 4.